The molecule has 1 unspecified atom stereocenters. The third kappa shape index (κ3) is 3.69. The van der Waals surface area contributed by atoms with Crippen LogP contribution in [0.25, 0.3) is 0 Å². The summed E-state index contributed by atoms with van der Waals surface area (Å²) < 4.78 is 5.18. The summed E-state index contributed by atoms with van der Waals surface area (Å²) in [5.74, 6) is 0.641. The highest BCUT2D eigenvalue weighted by Gasteiger charge is 2.37. The van der Waals surface area contributed by atoms with Crippen molar-refractivity contribution in [3.63, 3.8) is 0 Å². The summed E-state index contributed by atoms with van der Waals surface area (Å²) in [6, 6.07) is 0.778. The molecule has 17 heavy (non-hydrogen) atoms. The van der Waals surface area contributed by atoms with Gasteiger partial charge in [0.15, 0.2) is 0 Å². The quantitative estimate of drug-likeness (QED) is 0.794. The summed E-state index contributed by atoms with van der Waals surface area (Å²) in [4.78, 5) is 0. The van der Waals surface area contributed by atoms with Crippen LogP contribution >= 0.6 is 0 Å². The van der Waals surface area contributed by atoms with Crippen molar-refractivity contribution in [2.45, 2.75) is 64.3 Å². The van der Waals surface area contributed by atoms with Crippen LogP contribution in [0.2, 0.25) is 0 Å². The SMILES string of the molecule is COCC(C)CNC1CCC2(CCCC2)CC1. The van der Waals surface area contributed by atoms with Gasteiger partial charge in [-0.15, -0.1) is 0 Å². The van der Waals surface area contributed by atoms with Gasteiger partial charge < -0.3 is 10.1 Å². The molecule has 1 atom stereocenters. The molecule has 0 aromatic heterocycles. The third-order valence-electron chi connectivity index (χ3n) is 4.92. The van der Waals surface area contributed by atoms with Crippen LogP contribution in [0.4, 0.5) is 0 Å². The van der Waals surface area contributed by atoms with Crippen LogP contribution in [0.15, 0.2) is 0 Å². The Hall–Kier alpha value is -0.0800. The first kappa shape index (κ1) is 13.4. The number of hydrogen-bond donors (Lipinski definition) is 1. The molecule has 2 saturated carbocycles. The lowest BCUT2D eigenvalue weighted by Gasteiger charge is -2.38. The molecule has 0 bridgehead atoms. The smallest absolute Gasteiger partial charge is 0.0499 e. The normalized spacial score (nSPS) is 26.5. The van der Waals surface area contributed by atoms with Crippen LogP contribution in [0, 0.1) is 11.3 Å². The van der Waals surface area contributed by atoms with E-state index in [4.69, 9.17) is 4.74 Å². The molecule has 0 aromatic carbocycles. The molecule has 0 saturated heterocycles. The highest BCUT2D eigenvalue weighted by atomic mass is 16.5. The summed E-state index contributed by atoms with van der Waals surface area (Å²) in [5.41, 5.74) is 0.774. The van der Waals surface area contributed by atoms with E-state index in [-0.39, 0.29) is 0 Å². The molecule has 1 N–H and O–H groups in total. The zero-order chi connectivity index (χ0) is 12.1. The van der Waals surface area contributed by atoms with E-state index in [0.29, 0.717) is 5.92 Å². The summed E-state index contributed by atoms with van der Waals surface area (Å²) in [7, 11) is 1.79. The molecular formula is C15H29NO. The highest BCUT2D eigenvalue weighted by Crippen LogP contribution is 2.48. The molecule has 2 fully saturated rings. The minimum atomic E-state index is 0.641. The van der Waals surface area contributed by atoms with Gasteiger partial charge in [0.2, 0.25) is 0 Å². The molecule has 2 heteroatoms. The summed E-state index contributed by atoms with van der Waals surface area (Å²) >= 11 is 0. The molecule has 2 rings (SSSR count). The molecular weight excluding hydrogens is 210 g/mol. The van der Waals surface area contributed by atoms with Crippen LogP contribution < -0.4 is 5.32 Å². The van der Waals surface area contributed by atoms with Crippen molar-refractivity contribution in [2.24, 2.45) is 11.3 Å². The van der Waals surface area contributed by atoms with E-state index in [1.54, 1.807) is 7.11 Å². The second-order valence-corrected chi connectivity index (χ2v) is 6.45. The second kappa shape index (κ2) is 6.19. The average Bonchev–Trinajstić information content (AvgIpc) is 2.78. The number of rotatable bonds is 5. The Morgan fingerprint density at radius 1 is 1.18 bits per heavy atom. The fourth-order valence-electron chi connectivity index (χ4n) is 3.77. The summed E-state index contributed by atoms with van der Waals surface area (Å²) in [5, 5.41) is 3.73. The minimum absolute atomic E-state index is 0.641. The topological polar surface area (TPSA) is 21.3 Å². The number of nitrogens with one attached hydrogen (secondary N) is 1. The van der Waals surface area contributed by atoms with E-state index in [2.05, 4.69) is 12.2 Å². The fourth-order valence-corrected chi connectivity index (χ4v) is 3.77. The molecule has 1 spiro atoms. The van der Waals surface area contributed by atoms with Gasteiger partial charge >= 0.3 is 0 Å². The molecule has 2 nitrogen and oxygen atoms in total. The highest BCUT2D eigenvalue weighted by molar-refractivity contribution is 4.91. The predicted octanol–water partition coefficient (Wildman–Crippen LogP) is 3.36. The van der Waals surface area contributed by atoms with Crippen molar-refractivity contribution in [2.75, 3.05) is 20.3 Å². The zero-order valence-electron chi connectivity index (χ0n) is 11.6. The van der Waals surface area contributed by atoms with Gasteiger partial charge in [0, 0.05) is 26.3 Å². The van der Waals surface area contributed by atoms with Gasteiger partial charge in [0.05, 0.1) is 0 Å². The maximum absolute atomic E-state index is 5.18. The molecule has 0 amide bonds. The van der Waals surface area contributed by atoms with Crippen molar-refractivity contribution in [3.8, 4) is 0 Å². The Morgan fingerprint density at radius 3 is 2.41 bits per heavy atom. The van der Waals surface area contributed by atoms with E-state index >= 15 is 0 Å². The second-order valence-electron chi connectivity index (χ2n) is 6.45. The Balaban J connectivity index is 1.65. The lowest BCUT2D eigenvalue weighted by atomic mass is 9.71. The molecule has 0 radical (unpaired) electrons. The maximum Gasteiger partial charge on any atom is 0.0499 e. The van der Waals surface area contributed by atoms with Crippen molar-refractivity contribution in [3.05, 3.63) is 0 Å². The molecule has 2 aliphatic carbocycles. The van der Waals surface area contributed by atoms with Crippen molar-refractivity contribution in [1.82, 2.24) is 5.32 Å². The van der Waals surface area contributed by atoms with Gasteiger partial charge in [-0.05, 0) is 49.9 Å². The van der Waals surface area contributed by atoms with Gasteiger partial charge in [-0.25, -0.2) is 0 Å². The first-order chi connectivity index (χ1) is 8.24. The molecule has 0 aromatic rings. The molecule has 100 valence electrons. The Bertz CT molecular complexity index is 213. The van der Waals surface area contributed by atoms with E-state index in [1.807, 2.05) is 0 Å². The monoisotopic (exact) mass is 239 g/mol. The summed E-state index contributed by atoms with van der Waals surface area (Å²) in [6.07, 6.45) is 11.8. The van der Waals surface area contributed by atoms with E-state index in [0.717, 1.165) is 24.6 Å². The molecule has 0 heterocycles. The minimum Gasteiger partial charge on any atom is -0.384 e. The van der Waals surface area contributed by atoms with E-state index in [1.165, 1.54) is 51.4 Å². The average molecular weight is 239 g/mol. The lowest BCUT2D eigenvalue weighted by Crippen LogP contribution is -2.39. The third-order valence-corrected chi connectivity index (χ3v) is 4.92. The van der Waals surface area contributed by atoms with Crippen molar-refractivity contribution < 1.29 is 4.74 Å². The van der Waals surface area contributed by atoms with Crippen molar-refractivity contribution in [1.29, 1.82) is 0 Å². The van der Waals surface area contributed by atoms with Crippen LogP contribution in [0.5, 0.6) is 0 Å². The van der Waals surface area contributed by atoms with Gasteiger partial charge in [-0.1, -0.05) is 19.8 Å². The Morgan fingerprint density at radius 2 is 1.82 bits per heavy atom. The maximum atomic E-state index is 5.18. The van der Waals surface area contributed by atoms with Gasteiger partial charge in [-0.3, -0.25) is 0 Å². The van der Waals surface area contributed by atoms with Crippen molar-refractivity contribution >= 4 is 0 Å². The van der Waals surface area contributed by atoms with Crippen LogP contribution in [-0.2, 0) is 4.74 Å². The number of ether oxygens (including phenoxy) is 1. The fraction of sp³-hybridized carbons (Fsp3) is 1.00. The Kier molecular flexibility index (Phi) is 4.87. The number of methoxy groups -OCH3 is 1. The first-order valence-electron chi connectivity index (χ1n) is 7.46. The van der Waals surface area contributed by atoms with E-state index in [9.17, 15) is 0 Å². The lowest BCUT2D eigenvalue weighted by molar-refractivity contribution is 0.143. The van der Waals surface area contributed by atoms with Gasteiger partial charge in [0.1, 0.15) is 0 Å². The molecule has 0 aliphatic heterocycles. The summed E-state index contributed by atoms with van der Waals surface area (Å²) in [6.45, 7) is 4.26. The zero-order valence-corrected chi connectivity index (χ0v) is 11.6. The predicted molar refractivity (Wildman–Crippen MR) is 72.2 cm³/mol. The first-order valence-corrected chi connectivity index (χ1v) is 7.46. The largest absolute Gasteiger partial charge is 0.384 e. The van der Waals surface area contributed by atoms with Gasteiger partial charge in [0.25, 0.3) is 0 Å². The van der Waals surface area contributed by atoms with Crippen LogP contribution in [0.3, 0.4) is 0 Å². The van der Waals surface area contributed by atoms with Crippen LogP contribution in [-0.4, -0.2) is 26.3 Å². The standard InChI is InChI=1S/C15H29NO/c1-13(12-17-2)11-16-14-5-9-15(10-6-14)7-3-4-8-15/h13-14,16H,3-12H2,1-2H3. The number of hydrogen-bond acceptors (Lipinski definition) is 2. The van der Waals surface area contributed by atoms with Gasteiger partial charge in [-0.2, -0.15) is 0 Å². The molecule has 2 aliphatic rings. The van der Waals surface area contributed by atoms with E-state index < -0.39 is 0 Å². The Labute approximate surface area is 107 Å². The van der Waals surface area contributed by atoms with Crippen LogP contribution in [0.1, 0.15) is 58.3 Å².